The third kappa shape index (κ3) is 1.57. The molecule has 0 fully saturated rings. The number of thiazole rings is 1. The standard InChI is InChI=1S/C11H11N3OS/c1-3-5-13(4-2)10-9(8-15)14-6-7-16-11(14)12-10/h1,6-8H,4-5H2,2H3. The Morgan fingerprint density at radius 1 is 1.75 bits per heavy atom. The molecule has 82 valence electrons. The summed E-state index contributed by atoms with van der Waals surface area (Å²) in [5, 5.41) is 1.90. The van der Waals surface area contributed by atoms with Gasteiger partial charge in [-0.2, -0.15) is 0 Å². The van der Waals surface area contributed by atoms with Crippen molar-refractivity contribution in [2.24, 2.45) is 0 Å². The van der Waals surface area contributed by atoms with Crippen molar-refractivity contribution in [3.63, 3.8) is 0 Å². The molecule has 0 radical (unpaired) electrons. The minimum Gasteiger partial charge on any atom is -0.344 e. The molecule has 2 rings (SSSR count). The van der Waals surface area contributed by atoms with Gasteiger partial charge in [0.2, 0.25) is 0 Å². The molecule has 0 saturated carbocycles. The molecule has 0 amide bonds. The first-order valence-corrected chi connectivity index (χ1v) is 5.79. The van der Waals surface area contributed by atoms with E-state index in [1.165, 1.54) is 11.3 Å². The second kappa shape index (κ2) is 4.37. The maximum absolute atomic E-state index is 11.1. The SMILES string of the molecule is C#CCN(CC)c1nc2sccn2c1C=O. The van der Waals surface area contributed by atoms with Crippen LogP contribution in [0.4, 0.5) is 5.82 Å². The van der Waals surface area contributed by atoms with Crippen molar-refractivity contribution in [1.82, 2.24) is 9.38 Å². The molecule has 0 aliphatic rings. The third-order valence-corrected chi connectivity index (χ3v) is 3.11. The number of carbonyl (C=O) groups excluding carboxylic acids is 1. The fourth-order valence-electron chi connectivity index (χ4n) is 1.58. The minimum absolute atomic E-state index is 0.460. The van der Waals surface area contributed by atoms with Crippen LogP contribution in [0.2, 0.25) is 0 Å². The van der Waals surface area contributed by atoms with Gasteiger partial charge >= 0.3 is 0 Å². The average Bonchev–Trinajstić information content (AvgIpc) is 2.85. The molecule has 2 heterocycles. The molecule has 0 aliphatic carbocycles. The number of aldehydes is 1. The largest absolute Gasteiger partial charge is 0.344 e. The van der Waals surface area contributed by atoms with Crippen molar-refractivity contribution in [2.45, 2.75) is 6.92 Å². The molecule has 0 N–H and O–H groups in total. The first kappa shape index (κ1) is 10.7. The summed E-state index contributed by atoms with van der Waals surface area (Å²) in [4.78, 5) is 18.2. The van der Waals surface area contributed by atoms with E-state index in [4.69, 9.17) is 6.42 Å². The maximum Gasteiger partial charge on any atom is 0.196 e. The van der Waals surface area contributed by atoms with Gasteiger partial charge in [0, 0.05) is 18.1 Å². The van der Waals surface area contributed by atoms with Crippen LogP contribution in [0, 0.1) is 12.3 Å². The van der Waals surface area contributed by atoms with E-state index in [9.17, 15) is 4.79 Å². The van der Waals surface area contributed by atoms with Crippen LogP contribution in [0.25, 0.3) is 4.96 Å². The number of imidazole rings is 1. The Morgan fingerprint density at radius 3 is 3.19 bits per heavy atom. The van der Waals surface area contributed by atoms with E-state index in [0.717, 1.165) is 17.8 Å². The van der Waals surface area contributed by atoms with Crippen LogP contribution in [-0.4, -0.2) is 28.8 Å². The molecule has 0 aliphatic heterocycles. The maximum atomic E-state index is 11.1. The lowest BCUT2D eigenvalue weighted by molar-refractivity contribution is 0.111. The summed E-state index contributed by atoms with van der Waals surface area (Å²) in [5.74, 6) is 3.24. The van der Waals surface area contributed by atoms with Crippen LogP contribution >= 0.6 is 11.3 Å². The molecule has 5 heteroatoms. The Morgan fingerprint density at radius 2 is 2.56 bits per heavy atom. The molecule has 16 heavy (non-hydrogen) atoms. The van der Waals surface area contributed by atoms with E-state index in [0.29, 0.717) is 18.1 Å². The summed E-state index contributed by atoms with van der Waals surface area (Å²) in [6.07, 6.45) is 7.95. The smallest absolute Gasteiger partial charge is 0.196 e. The topological polar surface area (TPSA) is 37.6 Å². The zero-order valence-electron chi connectivity index (χ0n) is 8.88. The van der Waals surface area contributed by atoms with Crippen molar-refractivity contribution in [3.8, 4) is 12.3 Å². The Kier molecular flexibility index (Phi) is 2.93. The monoisotopic (exact) mass is 233 g/mol. The molecule has 0 bridgehead atoms. The average molecular weight is 233 g/mol. The third-order valence-electron chi connectivity index (χ3n) is 2.35. The number of anilines is 1. The highest BCUT2D eigenvalue weighted by Gasteiger charge is 2.16. The molecule has 0 atom stereocenters. The lowest BCUT2D eigenvalue weighted by Gasteiger charge is -2.17. The van der Waals surface area contributed by atoms with E-state index in [1.54, 1.807) is 4.40 Å². The van der Waals surface area contributed by atoms with Gasteiger partial charge in [-0.05, 0) is 6.92 Å². The molecule has 0 saturated heterocycles. The second-order valence-electron chi connectivity index (χ2n) is 3.21. The van der Waals surface area contributed by atoms with Crippen molar-refractivity contribution in [3.05, 3.63) is 17.3 Å². The zero-order valence-corrected chi connectivity index (χ0v) is 9.70. The fourth-order valence-corrected chi connectivity index (χ4v) is 2.30. The zero-order chi connectivity index (χ0) is 11.5. The Bertz CT molecular complexity index is 549. The molecule has 4 nitrogen and oxygen atoms in total. The number of terminal acetylenes is 1. The van der Waals surface area contributed by atoms with Crippen molar-refractivity contribution < 1.29 is 4.79 Å². The van der Waals surface area contributed by atoms with Crippen LogP contribution in [0.3, 0.4) is 0 Å². The van der Waals surface area contributed by atoms with Gasteiger partial charge in [0.05, 0.1) is 6.54 Å². The van der Waals surface area contributed by atoms with Crippen LogP contribution < -0.4 is 4.90 Å². The predicted molar refractivity (Wildman–Crippen MR) is 65.2 cm³/mol. The minimum atomic E-state index is 0.460. The van der Waals surface area contributed by atoms with Crippen LogP contribution in [-0.2, 0) is 0 Å². The summed E-state index contributed by atoms with van der Waals surface area (Å²) >= 11 is 1.50. The molecule has 0 unspecified atom stereocenters. The van der Waals surface area contributed by atoms with Crippen molar-refractivity contribution in [2.75, 3.05) is 18.0 Å². The number of fused-ring (bicyclic) bond motifs is 1. The summed E-state index contributed by atoms with van der Waals surface area (Å²) in [6, 6.07) is 0. The normalized spacial score (nSPS) is 10.2. The van der Waals surface area contributed by atoms with Gasteiger partial charge < -0.3 is 4.90 Å². The summed E-state index contributed by atoms with van der Waals surface area (Å²) < 4.78 is 1.78. The van der Waals surface area contributed by atoms with E-state index < -0.39 is 0 Å². The molecule has 2 aromatic rings. The molecule has 2 aromatic heterocycles. The van der Waals surface area contributed by atoms with E-state index in [1.807, 2.05) is 23.4 Å². The Labute approximate surface area is 97.5 Å². The highest BCUT2D eigenvalue weighted by atomic mass is 32.1. The molecule has 0 aromatic carbocycles. The van der Waals surface area contributed by atoms with Crippen LogP contribution in [0.5, 0.6) is 0 Å². The fraction of sp³-hybridized carbons (Fsp3) is 0.273. The van der Waals surface area contributed by atoms with Crippen LogP contribution in [0.1, 0.15) is 17.4 Å². The number of aromatic nitrogens is 2. The van der Waals surface area contributed by atoms with Crippen molar-refractivity contribution >= 4 is 28.4 Å². The highest BCUT2D eigenvalue weighted by molar-refractivity contribution is 7.15. The van der Waals surface area contributed by atoms with Gasteiger partial charge in [0.15, 0.2) is 17.1 Å². The first-order valence-electron chi connectivity index (χ1n) is 4.91. The van der Waals surface area contributed by atoms with E-state index in [2.05, 4.69) is 10.9 Å². The second-order valence-corrected chi connectivity index (χ2v) is 4.09. The van der Waals surface area contributed by atoms with Crippen LogP contribution in [0.15, 0.2) is 11.6 Å². The van der Waals surface area contributed by atoms with Gasteiger partial charge in [-0.3, -0.25) is 9.20 Å². The van der Waals surface area contributed by atoms with E-state index >= 15 is 0 Å². The summed E-state index contributed by atoms with van der Waals surface area (Å²) in [5.41, 5.74) is 0.563. The molecule has 0 spiro atoms. The molecular formula is C11H11N3OS. The van der Waals surface area contributed by atoms with Gasteiger partial charge in [0.1, 0.15) is 5.69 Å². The number of rotatable bonds is 4. The Balaban J connectivity index is 2.54. The lowest BCUT2D eigenvalue weighted by Crippen LogP contribution is -2.24. The number of carbonyl (C=O) groups is 1. The summed E-state index contributed by atoms with van der Waals surface area (Å²) in [7, 11) is 0. The lowest BCUT2D eigenvalue weighted by atomic mass is 10.4. The van der Waals surface area contributed by atoms with Crippen molar-refractivity contribution in [1.29, 1.82) is 0 Å². The van der Waals surface area contributed by atoms with Gasteiger partial charge in [-0.25, -0.2) is 4.98 Å². The highest BCUT2D eigenvalue weighted by Crippen LogP contribution is 2.22. The number of hydrogen-bond donors (Lipinski definition) is 0. The first-order chi connectivity index (χ1) is 7.81. The molecular weight excluding hydrogens is 222 g/mol. The quantitative estimate of drug-likeness (QED) is 0.595. The van der Waals surface area contributed by atoms with E-state index in [-0.39, 0.29) is 0 Å². The van der Waals surface area contributed by atoms with Gasteiger partial charge in [-0.1, -0.05) is 5.92 Å². The predicted octanol–water partition coefficient (Wildman–Crippen LogP) is 1.67. The van der Waals surface area contributed by atoms with Gasteiger partial charge in [0.25, 0.3) is 0 Å². The summed E-state index contributed by atoms with van der Waals surface area (Å²) in [6.45, 7) is 3.18. The Hall–Kier alpha value is -1.80. The number of nitrogens with zero attached hydrogens (tertiary/aromatic N) is 3. The number of hydrogen-bond acceptors (Lipinski definition) is 4. The van der Waals surface area contributed by atoms with Gasteiger partial charge in [-0.15, -0.1) is 17.8 Å².